The Morgan fingerprint density at radius 3 is 2.88 bits per heavy atom. The van der Waals surface area contributed by atoms with E-state index in [-0.39, 0.29) is 23.3 Å². The van der Waals surface area contributed by atoms with Crippen LogP contribution in [0.1, 0.15) is 31.7 Å². The number of amides is 1. The Bertz CT molecular complexity index is 822. The fraction of sp³-hybridized carbons (Fsp3) is 0.526. The van der Waals surface area contributed by atoms with Crippen molar-refractivity contribution in [2.24, 2.45) is 5.41 Å². The van der Waals surface area contributed by atoms with Crippen molar-refractivity contribution in [2.45, 2.75) is 39.7 Å². The second-order valence-electron chi connectivity index (χ2n) is 7.30. The monoisotopic (exact) mass is 342 g/mol. The zero-order chi connectivity index (χ0) is 17.9. The summed E-state index contributed by atoms with van der Waals surface area (Å²) in [6.45, 7) is 7.20. The standard InChI is InChI=1S/C19H26N4O2/c1-14-4-3-5-15-17(14)22-13-23(18(15)25)11-6-16(24)21-12-19(2)7-9-20-10-8-19/h3-5,13,20H,6-12H2,1-2H3,(H,21,24). The zero-order valence-corrected chi connectivity index (χ0v) is 15.0. The van der Waals surface area contributed by atoms with Crippen LogP contribution in [0.5, 0.6) is 0 Å². The first-order valence-corrected chi connectivity index (χ1v) is 8.91. The van der Waals surface area contributed by atoms with E-state index in [0.29, 0.717) is 18.5 Å². The highest BCUT2D eigenvalue weighted by molar-refractivity contribution is 5.80. The van der Waals surface area contributed by atoms with Crippen molar-refractivity contribution in [1.82, 2.24) is 20.2 Å². The minimum absolute atomic E-state index is 0.0176. The van der Waals surface area contributed by atoms with Crippen molar-refractivity contribution in [3.8, 4) is 0 Å². The summed E-state index contributed by atoms with van der Waals surface area (Å²) in [6, 6.07) is 5.58. The van der Waals surface area contributed by atoms with Gasteiger partial charge in [0.15, 0.2) is 0 Å². The van der Waals surface area contributed by atoms with Gasteiger partial charge in [-0.1, -0.05) is 19.1 Å². The highest BCUT2D eigenvalue weighted by Crippen LogP contribution is 2.26. The molecule has 134 valence electrons. The maximum atomic E-state index is 12.5. The lowest BCUT2D eigenvalue weighted by atomic mass is 9.81. The third kappa shape index (κ3) is 4.07. The number of aromatic nitrogens is 2. The van der Waals surface area contributed by atoms with Gasteiger partial charge in [-0.25, -0.2) is 4.98 Å². The normalized spacial score (nSPS) is 16.7. The minimum Gasteiger partial charge on any atom is -0.355 e. The molecule has 3 rings (SSSR count). The maximum Gasteiger partial charge on any atom is 0.261 e. The van der Waals surface area contributed by atoms with E-state index in [4.69, 9.17) is 0 Å². The van der Waals surface area contributed by atoms with E-state index >= 15 is 0 Å². The summed E-state index contributed by atoms with van der Waals surface area (Å²) >= 11 is 0. The zero-order valence-electron chi connectivity index (χ0n) is 15.0. The molecule has 1 aliphatic rings. The first-order valence-electron chi connectivity index (χ1n) is 8.91. The number of carbonyl (C=O) groups is 1. The molecular formula is C19H26N4O2. The number of para-hydroxylation sites is 1. The lowest BCUT2D eigenvalue weighted by Crippen LogP contribution is -2.43. The van der Waals surface area contributed by atoms with Crippen LogP contribution >= 0.6 is 0 Å². The molecule has 0 bridgehead atoms. The molecule has 1 aromatic heterocycles. The molecule has 0 aliphatic carbocycles. The van der Waals surface area contributed by atoms with Crippen molar-refractivity contribution in [1.29, 1.82) is 0 Å². The average Bonchev–Trinajstić information content (AvgIpc) is 2.61. The molecule has 1 saturated heterocycles. The van der Waals surface area contributed by atoms with Gasteiger partial charge in [0, 0.05) is 19.5 Å². The van der Waals surface area contributed by atoms with Crippen LogP contribution in [0.2, 0.25) is 0 Å². The number of nitrogens with one attached hydrogen (secondary N) is 2. The summed E-state index contributed by atoms with van der Waals surface area (Å²) in [4.78, 5) is 29.1. The van der Waals surface area contributed by atoms with Gasteiger partial charge in [0.05, 0.1) is 17.2 Å². The van der Waals surface area contributed by atoms with Gasteiger partial charge in [-0.05, 0) is 49.9 Å². The van der Waals surface area contributed by atoms with Gasteiger partial charge < -0.3 is 10.6 Å². The van der Waals surface area contributed by atoms with Gasteiger partial charge in [0.25, 0.3) is 5.56 Å². The highest BCUT2D eigenvalue weighted by atomic mass is 16.1. The van der Waals surface area contributed by atoms with Gasteiger partial charge >= 0.3 is 0 Å². The Morgan fingerprint density at radius 1 is 1.36 bits per heavy atom. The molecule has 1 aliphatic heterocycles. The van der Waals surface area contributed by atoms with E-state index in [0.717, 1.165) is 37.0 Å². The van der Waals surface area contributed by atoms with Gasteiger partial charge in [0.2, 0.25) is 5.91 Å². The lowest BCUT2D eigenvalue weighted by molar-refractivity contribution is -0.121. The summed E-state index contributed by atoms with van der Waals surface area (Å²) in [5.41, 5.74) is 1.79. The molecule has 6 nitrogen and oxygen atoms in total. The maximum absolute atomic E-state index is 12.5. The van der Waals surface area contributed by atoms with Gasteiger partial charge in [-0.15, -0.1) is 0 Å². The largest absolute Gasteiger partial charge is 0.355 e. The quantitative estimate of drug-likeness (QED) is 0.865. The van der Waals surface area contributed by atoms with Crippen LogP contribution in [0, 0.1) is 12.3 Å². The second-order valence-corrected chi connectivity index (χ2v) is 7.30. The second kappa shape index (κ2) is 7.35. The Labute approximate surface area is 147 Å². The van der Waals surface area contributed by atoms with Gasteiger partial charge in [-0.2, -0.15) is 0 Å². The SMILES string of the molecule is Cc1cccc2c(=O)n(CCC(=O)NCC3(C)CCNCC3)cnc12. The number of fused-ring (bicyclic) bond motifs is 1. The fourth-order valence-corrected chi connectivity index (χ4v) is 3.33. The summed E-state index contributed by atoms with van der Waals surface area (Å²) < 4.78 is 1.52. The molecule has 0 spiro atoms. The smallest absolute Gasteiger partial charge is 0.261 e. The summed E-state index contributed by atoms with van der Waals surface area (Å²) in [7, 11) is 0. The van der Waals surface area contributed by atoms with E-state index in [9.17, 15) is 9.59 Å². The number of nitrogens with zero attached hydrogens (tertiary/aromatic N) is 2. The van der Waals surface area contributed by atoms with E-state index < -0.39 is 0 Å². The molecule has 2 N–H and O–H groups in total. The van der Waals surface area contributed by atoms with E-state index in [1.807, 2.05) is 19.1 Å². The van der Waals surface area contributed by atoms with E-state index in [1.165, 1.54) is 4.57 Å². The van der Waals surface area contributed by atoms with Crippen molar-refractivity contribution in [3.05, 3.63) is 40.4 Å². The molecule has 1 aromatic carbocycles. The number of benzene rings is 1. The summed E-state index contributed by atoms with van der Waals surface area (Å²) in [6.07, 6.45) is 3.97. The molecule has 0 unspecified atom stereocenters. The van der Waals surface area contributed by atoms with Crippen LogP contribution in [-0.4, -0.2) is 35.1 Å². The molecule has 2 aromatic rings. The first kappa shape index (κ1) is 17.6. The molecular weight excluding hydrogens is 316 g/mol. The molecule has 25 heavy (non-hydrogen) atoms. The lowest BCUT2D eigenvalue weighted by Gasteiger charge is -2.34. The Hall–Kier alpha value is -2.21. The third-order valence-electron chi connectivity index (χ3n) is 5.16. The van der Waals surface area contributed by atoms with E-state index in [1.54, 1.807) is 12.4 Å². The molecule has 0 saturated carbocycles. The summed E-state index contributed by atoms with van der Waals surface area (Å²) in [5.74, 6) is -0.0176. The Kier molecular flexibility index (Phi) is 5.18. The van der Waals surface area contributed by atoms with Crippen molar-refractivity contribution in [3.63, 3.8) is 0 Å². The predicted molar refractivity (Wildman–Crippen MR) is 98.6 cm³/mol. The molecule has 2 heterocycles. The summed E-state index contributed by atoms with van der Waals surface area (Å²) in [5, 5.41) is 6.97. The minimum atomic E-state index is -0.0909. The van der Waals surface area contributed by atoms with Crippen LogP contribution in [0.25, 0.3) is 10.9 Å². The van der Waals surface area contributed by atoms with Crippen LogP contribution in [0.3, 0.4) is 0 Å². The average molecular weight is 342 g/mol. The molecule has 1 fully saturated rings. The number of hydrogen-bond acceptors (Lipinski definition) is 4. The number of carbonyl (C=O) groups excluding carboxylic acids is 1. The molecule has 0 radical (unpaired) electrons. The highest BCUT2D eigenvalue weighted by Gasteiger charge is 2.26. The predicted octanol–water partition coefficient (Wildman–Crippen LogP) is 1.60. The topological polar surface area (TPSA) is 76.0 Å². The fourth-order valence-electron chi connectivity index (χ4n) is 3.33. The molecule has 6 heteroatoms. The van der Waals surface area contributed by atoms with E-state index in [2.05, 4.69) is 22.5 Å². The molecule has 1 amide bonds. The van der Waals surface area contributed by atoms with Crippen molar-refractivity contribution < 1.29 is 4.79 Å². The number of piperidine rings is 1. The van der Waals surface area contributed by atoms with Gasteiger partial charge in [0.1, 0.15) is 0 Å². The van der Waals surface area contributed by atoms with Crippen molar-refractivity contribution in [2.75, 3.05) is 19.6 Å². The van der Waals surface area contributed by atoms with Crippen LogP contribution in [-0.2, 0) is 11.3 Å². The first-order chi connectivity index (χ1) is 12.0. The third-order valence-corrected chi connectivity index (χ3v) is 5.16. The van der Waals surface area contributed by atoms with Crippen LogP contribution < -0.4 is 16.2 Å². The number of hydrogen-bond donors (Lipinski definition) is 2. The van der Waals surface area contributed by atoms with Crippen molar-refractivity contribution >= 4 is 16.8 Å². The number of aryl methyl sites for hydroxylation is 2. The number of rotatable bonds is 5. The Morgan fingerprint density at radius 2 is 2.12 bits per heavy atom. The van der Waals surface area contributed by atoms with Crippen LogP contribution in [0.4, 0.5) is 0 Å². The molecule has 0 atom stereocenters. The Balaban J connectivity index is 1.60. The van der Waals surface area contributed by atoms with Crippen LogP contribution in [0.15, 0.2) is 29.3 Å². The van der Waals surface area contributed by atoms with Gasteiger partial charge in [-0.3, -0.25) is 14.2 Å².